The van der Waals surface area contributed by atoms with Gasteiger partial charge in [-0.25, -0.2) is 4.79 Å². The molecule has 1 aliphatic rings. The Hall–Kier alpha value is -0.610. The Morgan fingerprint density at radius 3 is 2.45 bits per heavy atom. The second kappa shape index (κ2) is 2.46. The van der Waals surface area contributed by atoms with E-state index in [0.717, 1.165) is 0 Å². The number of hydrogen-bond donors (Lipinski definition) is 2. The van der Waals surface area contributed by atoms with E-state index in [4.69, 9.17) is 9.84 Å². The van der Waals surface area contributed by atoms with Crippen molar-refractivity contribution in [3.63, 3.8) is 0 Å². The zero-order valence-electron chi connectivity index (χ0n) is 6.57. The fourth-order valence-electron chi connectivity index (χ4n) is 1.24. The van der Waals surface area contributed by atoms with Gasteiger partial charge in [-0.15, -0.1) is 0 Å². The summed E-state index contributed by atoms with van der Waals surface area (Å²) >= 11 is 0. The highest BCUT2D eigenvalue weighted by atomic mass is 16.6. The summed E-state index contributed by atoms with van der Waals surface area (Å²) in [6.07, 6.45) is -1.46. The highest BCUT2D eigenvalue weighted by Crippen LogP contribution is 2.28. The minimum atomic E-state index is -1.42. The van der Waals surface area contributed by atoms with Crippen molar-refractivity contribution < 1.29 is 19.7 Å². The van der Waals surface area contributed by atoms with E-state index in [1.54, 1.807) is 6.92 Å². The van der Waals surface area contributed by atoms with Crippen molar-refractivity contribution in [3.05, 3.63) is 0 Å². The average Bonchev–Trinajstić information content (AvgIpc) is 2.13. The van der Waals surface area contributed by atoms with Crippen LogP contribution in [0.2, 0.25) is 0 Å². The third-order valence-corrected chi connectivity index (χ3v) is 2.06. The van der Waals surface area contributed by atoms with Crippen LogP contribution < -0.4 is 0 Å². The Kier molecular flexibility index (Phi) is 1.90. The molecule has 1 fully saturated rings. The molecule has 64 valence electrons. The number of carbonyl (C=O) groups is 1. The molecule has 0 aliphatic carbocycles. The van der Waals surface area contributed by atoms with Gasteiger partial charge in [-0.2, -0.15) is 0 Å². The first kappa shape index (κ1) is 8.49. The van der Waals surface area contributed by atoms with Gasteiger partial charge in [-0.1, -0.05) is 6.92 Å². The number of carbonyl (C=O) groups excluding carboxylic acids is 1. The molecule has 0 spiro atoms. The highest BCUT2D eigenvalue weighted by Gasteiger charge is 2.51. The molecule has 1 saturated heterocycles. The van der Waals surface area contributed by atoms with E-state index in [0.29, 0.717) is 6.42 Å². The van der Waals surface area contributed by atoms with Gasteiger partial charge in [-0.05, 0) is 13.3 Å². The van der Waals surface area contributed by atoms with Crippen LogP contribution in [-0.2, 0) is 9.53 Å². The van der Waals surface area contributed by atoms with Gasteiger partial charge in [0.05, 0.1) is 0 Å². The summed E-state index contributed by atoms with van der Waals surface area (Å²) in [5.74, 6) is -0.734. The molecular formula is C7H12O4. The molecule has 2 N–H and O–H groups in total. The van der Waals surface area contributed by atoms with Gasteiger partial charge in [0.1, 0.15) is 11.7 Å². The van der Waals surface area contributed by atoms with Gasteiger partial charge in [-0.3, -0.25) is 0 Å². The number of rotatable bonds is 1. The molecule has 0 aromatic carbocycles. The van der Waals surface area contributed by atoms with Crippen LogP contribution in [0.4, 0.5) is 0 Å². The van der Waals surface area contributed by atoms with Gasteiger partial charge < -0.3 is 14.9 Å². The molecule has 0 aromatic heterocycles. The third kappa shape index (κ3) is 1.12. The monoisotopic (exact) mass is 160 g/mol. The first-order valence-electron chi connectivity index (χ1n) is 3.61. The molecule has 3 atom stereocenters. The van der Waals surface area contributed by atoms with Crippen LogP contribution in [0.15, 0.2) is 0 Å². The predicted octanol–water partition coefficient (Wildman–Crippen LogP) is -0.566. The summed E-state index contributed by atoms with van der Waals surface area (Å²) in [6, 6.07) is 0. The van der Waals surface area contributed by atoms with E-state index in [2.05, 4.69) is 0 Å². The van der Waals surface area contributed by atoms with E-state index in [1.165, 1.54) is 6.92 Å². The molecule has 0 amide bonds. The maximum absolute atomic E-state index is 10.7. The standard InChI is InChI=1S/C7H12O4/c1-3-4-7(2,10)5(8)6(9)11-4/h4-5,8,10H,3H2,1-2H3/t4-,5-,7-/m1/s1. The maximum atomic E-state index is 10.7. The van der Waals surface area contributed by atoms with Gasteiger partial charge >= 0.3 is 5.97 Å². The Labute approximate surface area is 64.8 Å². The topological polar surface area (TPSA) is 66.8 Å². The molecular weight excluding hydrogens is 148 g/mol. The number of ether oxygens (including phenoxy) is 1. The van der Waals surface area contributed by atoms with Crippen LogP contribution in [0.1, 0.15) is 20.3 Å². The summed E-state index contributed by atoms with van der Waals surface area (Å²) in [6.45, 7) is 3.18. The Balaban J connectivity index is 2.82. The zero-order valence-corrected chi connectivity index (χ0v) is 6.57. The van der Waals surface area contributed by atoms with Gasteiger partial charge in [0.25, 0.3) is 0 Å². The number of esters is 1. The zero-order chi connectivity index (χ0) is 8.65. The lowest BCUT2D eigenvalue weighted by Gasteiger charge is -2.22. The molecule has 4 nitrogen and oxygen atoms in total. The second-order valence-electron chi connectivity index (χ2n) is 2.96. The minimum absolute atomic E-state index is 0.510. The Bertz CT molecular complexity index is 175. The number of aliphatic hydroxyl groups excluding tert-OH is 1. The van der Waals surface area contributed by atoms with Crippen molar-refractivity contribution in [1.82, 2.24) is 0 Å². The Morgan fingerprint density at radius 2 is 2.27 bits per heavy atom. The molecule has 0 bridgehead atoms. The van der Waals surface area contributed by atoms with Crippen molar-refractivity contribution in [3.8, 4) is 0 Å². The number of aliphatic hydroxyl groups is 2. The summed E-state index contributed by atoms with van der Waals surface area (Å²) in [5, 5.41) is 18.6. The molecule has 0 unspecified atom stereocenters. The van der Waals surface area contributed by atoms with Crippen molar-refractivity contribution in [2.75, 3.05) is 0 Å². The van der Waals surface area contributed by atoms with E-state index < -0.39 is 23.8 Å². The summed E-state index contributed by atoms with van der Waals surface area (Å²) in [5.41, 5.74) is -1.42. The lowest BCUT2D eigenvalue weighted by Crippen LogP contribution is -2.44. The lowest BCUT2D eigenvalue weighted by molar-refractivity contribution is -0.147. The Morgan fingerprint density at radius 1 is 1.73 bits per heavy atom. The minimum Gasteiger partial charge on any atom is -0.457 e. The van der Waals surface area contributed by atoms with Crippen LogP contribution in [0.25, 0.3) is 0 Å². The largest absolute Gasteiger partial charge is 0.457 e. The molecule has 1 rings (SSSR count). The third-order valence-electron chi connectivity index (χ3n) is 2.06. The molecule has 0 radical (unpaired) electrons. The second-order valence-corrected chi connectivity index (χ2v) is 2.96. The quantitative estimate of drug-likeness (QED) is 0.504. The molecule has 4 heteroatoms. The van der Waals surface area contributed by atoms with Crippen LogP contribution in [-0.4, -0.2) is 34.0 Å². The normalized spacial score (nSPS) is 44.2. The fraction of sp³-hybridized carbons (Fsp3) is 0.857. The first-order valence-corrected chi connectivity index (χ1v) is 3.61. The summed E-state index contributed by atoms with van der Waals surface area (Å²) in [4.78, 5) is 10.7. The van der Waals surface area contributed by atoms with E-state index in [1.807, 2.05) is 0 Å². The van der Waals surface area contributed by atoms with Crippen LogP contribution in [0.5, 0.6) is 0 Å². The smallest absolute Gasteiger partial charge is 0.338 e. The molecule has 0 saturated carbocycles. The molecule has 1 heterocycles. The van der Waals surface area contributed by atoms with Crippen molar-refractivity contribution >= 4 is 5.97 Å². The van der Waals surface area contributed by atoms with E-state index in [-0.39, 0.29) is 0 Å². The van der Waals surface area contributed by atoms with Crippen LogP contribution >= 0.6 is 0 Å². The number of hydrogen-bond acceptors (Lipinski definition) is 4. The highest BCUT2D eigenvalue weighted by molar-refractivity contribution is 5.78. The summed E-state index contributed by atoms with van der Waals surface area (Å²) in [7, 11) is 0. The van der Waals surface area contributed by atoms with Gasteiger partial charge in [0, 0.05) is 0 Å². The van der Waals surface area contributed by atoms with Crippen LogP contribution in [0.3, 0.4) is 0 Å². The maximum Gasteiger partial charge on any atom is 0.338 e. The van der Waals surface area contributed by atoms with E-state index >= 15 is 0 Å². The van der Waals surface area contributed by atoms with Crippen molar-refractivity contribution in [2.24, 2.45) is 0 Å². The summed E-state index contributed by atoms with van der Waals surface area (Å²) < 4.78 is 4.70. The number of cyclic esters (lactones) is 1. The average molecular weight is 160 g/mol. The lowest BCUT2D eigenvalue weighted by atomic mass is 9.94. The predicted molar refractivity (Wildman–Crippen MR) is 36.8 cm³/mol. The van der Waals surface area contributed by atoms with Crippen LogP contribution in [0, 0.1) is 0 Å². The molecule has 1 aliphatic heterocycles. The molecule has 11 heavy (non-hydrogen) atoms. The van der Waals surface area contributed by atoms with Gasteiger partial charge in [0.2, 0.25) is 0 Å². The van der Waals surface area contributed by atoms with Crippen molar-refractivity contribution in [1.29, 1.82) is 0 Å². The fourth-order valence-corrected chi connectivity index (χ4v) is 1.24. The molecule has 0 aromatic rings. The van der Waals surface area contributed by atoms with Crippen molar-refractivity contribution in [2.45, 2.75) is 38.1 Å². The SMILES string of the molecule is CC[C@H]1OC(=O)[C@@H](O)[C@]1(C)O. The first-order chi connectivity index (χ1) is 5.00. The van der Waals surface area contributed by atoms with Gasteiger partial charge in [0.15, 0.2) is 6.10 Å². The van der Waals surface area contributed by atoms with E-state index in [9.17, 15) is 9.90 Å².